The van der Waals surface area contributed by atoms with Crippen LogP contribution in [-0.2, 0) is 16.0 Å². The average Bonchev–Trinajstić information content (AvgIpc) is 2.45. The summed E-state index contributed by atoms with van der Waals surface area (Å²) >= 11 is 0. The van der Waals surface area contributed by atoms with E-state index in [1.165, 1.54) is 17.0 Å². The molecule has 0 bridgehead atoms. The first-order chi connectivity index (χ1) is 9.58. The SMILES string of the molecule is CN(CC1CNCCO1)C(=O)Cc1cccc(F)c1F. The maximum Gasteiger partial charge on any atom is 0.226 e. The Balaban J connectivity index is 1.91. The summed E-state index contributed by atoms with van der Waals surface area (Å²) in [5.74, 6) is -2.15. The molecule has 0 aromatic heterocycles. The predicted molar refractivity (Wildman–Crippen MR) is 70.3 cm³/mol. The van der Waals surface area contributed by atoms with Gasteiger partial charge in [-0.05, 0) is 6.07 Å². The standard InChI is InChI=1S/C14H18F2N2O2/c1-18(9-11-8-17-5-6-20-11)13(19)7-10-3-2-4-12(15)14(10)16/h2-4,11,17H,5-9H2,1H3. The number of hydrogen-bond donors (Lipinski definition) is 1. The third-order valence-electron chi connectivity index (χ3n) is 3.28. The van der Waals surface area contributed by atoms with Gasteiger partial charge in [-0.15, -0.1) is 0 Å². The highest BCUT2D eigenvalue weighted by molar-refractivity contribution is 5.78. The number of benzene rings is 1. The summed E-state index contributed by atoms with van der Waals surface area (Å²) in [6.07, 6.45) is -0.213. The fourth-order valence-electron chi connectivity index (χ4n) is 2.13. The van der Waals surface area contributed by atoms with Gasteiger partial charge in [-0.2, -0.15) is 0 Å². The molecule has 0 radical (unpaired) electrons. The molecular formula is C14H18F2N2O2. The lowest BCUT2D eigenvalue weighted by Gasteiger charge is -2.28. The van der Waals surface area contributed by atoms with Crippen LogP contribution >= 0.6 is 0 Å². The van der Waals surface area contributed by atoms with Gasteiger partial charge >= 0.3 is 0 Å². The molecule has 110 valence electrons. The molecule has 20 heavy (non-hydrogen) atoms. The Bertz CT molecular complexity index is 476. The first kappa shape index (κ1) is 14.9. The van der Waals surface area contributed by atoms with Crippen molar-refractivity contribution in [1.29, 1.82) is 0 Å². The van der Waals surface area contributed by atoms with Crippen LogP contribution < -0.4 is 5.32 Å². The molecule has 1 aromatic carbocycles. The van der Waals surface area contributed by atoms with Gasteiger partial charge in [0.05, 0.1) is 19.1 Å². The second-order valence-corrected chi connectivity index (χ2v) is 4.86. The van der Waals surface area contributed by atoms with Crippen molar-refractivity contribution in [2.45, 2.75) is 12.5 Å². The monoisotopic (exact) mass is 284 g/mol. The Morgan fingerprint density at radius 3 is 3.00 bits per heavy atom. The summed E-state index contributed by atoms with van der Waals surface area (Å²) in [5.41, 5.74) is 0.0736. The third-order valence-corrected chi connectivity index (χ3v) is 3.28. The average molecular weight is 284 g/mol. The molecule has 1 aromatic rings. The number of hydrogen-bond acceptors (Lipinski definition) is 3. The Morgan fingerprint density at radius 1 is 1.50 bits per heavy atom. The molecular weight excluding hydrogens is 266 g/mol. The van der Waals surface area contributed by atoms with Gasteiger partial charge in [-0.25, -0.2) is 8.78 Å². The van der Waals surface area contributed by atoms with Crippen LogP contribution in [0.5, 0.6) is 0 Å². The van der Waals surface area contributed by atoms with E-state index >= 15 is 0 Å². The van der Waals surface area contributed by atoms with Gasteiger partial charge in [0.1, 0.15) is 0 Å². The van der Waals surface area contributed by atoms with Crippen molar-refractivity contribution in [2.24, 2.45) is 0 Å². The molecule has 0 spiro atoms. The van der Waals surface area contributed by atoms with Gasteiger partial charge in [0.15, 0.2) is 11.6 Å². The van der Waals surface area contributed by atoms with Crippen LogP contribution in [0.15, 0.2) is 18.2 Å². The topological polar surface area (TPSA) is 41.6 Å². The maximum absolute atomic E-state index is 13.5. The minimum atomic E-state index is -0.954. The Morgan fingerprint density at radius 2 is 2.30 bits per heavy atom. The fourth-order valence-corrected chi connectivity index (χ4v) is 2.13. The number of nitrogens with one attached hydrogen (secondary N) is 1. The second-order valence-electron chi connectivity index (χ2n) is 4.86. The highest BCUT2D eigenvalue weighted by Crippen LogP contribution is 2.13. The molecule has 1 unspecified atom stereocenters. The Labute approximate surface area is 116 Å². The minimum Gasteiger partial charge on any atom is -0.374 e. The molecule has 2 rings (SSSR count). The molecule has 1 saturated heterocycles. The van der Waals surface area contributed by atoms with E-state index in [0.717, 1.165) is 12.6 Å². The van der Waals surface area contributed by atoms with Crippen molar-refractivity contribution in [3.05, 3.63) is 35.4 Å². The van der Waals surface area contributed by atoms with Gasteiger partial charge in [0.25, 0.3) is 0 Å². The van der Waals surface area contributed by atoms with Crippen LogP contribution in [-0.4, -0.2) is 50.2 Å². The quantitative estimate of drug-likeness (QED) is 0.895. The summed E-state index contributed by atoms with van der Waals surface area (Å²) in [5, 5.41) is 3.17. The van der Waals surface area contributed by atoms with Gasteiger partial charge < -0.3 is 15.0 Å². The molecule has 6 heteroatoms. The smallest absolute Gasteiger partial charge is 0.226 e. The summed E-state index contributed by atoms with van der Waals surface area (Å²) < 4.78 is 32.1. The molecule has 0 saturated carbocycles. The summed E-state index contributed by atoms with van der Waals surface area (Å²) in [6.45, 7) is 2.54. The molecule has 1 atom stereocenters. The molecule has 1 amide bonds. The highest BCUT2D eigenvalue weighted by atomic mass is 19.2. The number of carbonyl (C=O) groups is 1. The number of rotatable bonds is 4. The van der Waals surface area contributed by atoms with Gasteiger partial charge in [0, 0.05) is 32.2 Å². The van der Waals surface area contributed by atoms with Crippen LogP contribution in [0.1, 0.15) is 5.56 Å². The fraction of sp³-hybridized carbons (Fsp3) is 0.500. The molecule has 1 fully saturated rings. The molecule has 1 heterocycles. The zero-order valence-electron chi connectivity index (χ0n) is 11.4. The number of carbonyl (C=O) groups excluding carboxylic acids is 1. The van der Waals surface area contributed by atoms with Gasteiger partial charge in [0.2, 0.25) is 5.91 Å². The van der Waals surface area contributed by atoms with Crippen molar-refractivity contribution in [3.8, 4) is 0 Å². The first-order valence-corrected chi connectivity index (χ1v) is 6.57. The lowest BCUT2D eigenvalue weighted by atomic mass is 10.1. The van der Waals surface area contributed by atoms with E-state index < -0.39 is 11.6 Å². The molecule has 0 aliphatic carbocycles. The van der Waals surface area contributed by atoms with Crippen molar-refractivity contribution in [2.75, 3.05) is 33.3 Å². The van der Waals surface area contributed by atoms with E-state index in [2.05, 4.69) is 5.32 Å². The Hall–Kier alpha value is -1.53. The summed E-state index contributed by atoms with van der Waals surface area (Å²) in [4.78, 5) is 13.5. The number of likely N-dealkylation sites (N-methyl/N-ethyl adjacent to an activating group) is 1. The lowest BCUT2D eigenvalue weighted by Crippen LogP contribution is -2.46. The van der Waals surface area contributed by atoms with Crippen molar-refractivity contribution >= 4 is 5.91 Å². The summed E-state index contributed by atoms with van der Waals surface area (Å²) in [6, 6.07) is 3.85. The zero-order chi connectivity index (χ0) is 14.5. The van der Waals surface area contributed by atoms with Crippen LogP contribution in [0.25, 0.3) is 0 Å². The van der Waals surface area contributed by atoms with E-state index in [-0.39, 0.29) is 24.0 Å². The highest BCUT2D eigenvalue weighted by Gasteiger charge is 2.20. The largest absolute Gasteiger partial charge is 0.374 e. The molecule has 4 nitrogen and oxygen atoms in total. The predicted octanol–water partition coefficient (Wildman–Crippen LogP) is 0.954. The van der Waals surface area contributed by atoms with Crippen LogP contribution in [0.2, 0.25) is 0 Å². The molecule has 1 aliphatic heterocycles. The van der Waals surface area contributed by atoms with E-state index in [0.29, 0.717) is 19.7 Å². The molecule has 1 aliphatic rings. The maximum atomic E-state index is 13.5. The third kappa shape index (κ3) is 3.74. The number of ether oxygens (including phenoxy) is 1. The number of nitrogens with zero attached hydrogens (tertiary/aromatic N) is 1. The van der Waals surface area contributed by atoms with E-state index in [9.17, 15) is 13.6 Å². The van der Waals surface area contributed by atoms with Crippen LogP contribution in [0.4, 0.5) is 8.78 Å². The van der Waals surface area contributed by atoms with Gasteiger partial charge in [-0.1, -0.05) is 12.1 Å². The van der Waals surface area contributed by atoms with Crippen LogP contribution in [0, 0.1) is 11.6 Å². The molecule has 1 N–H and O–H groups in total. The lowest BCUT2D eigenvalue weighted by molar-refractivity contribution is -0.131. The second kappa shape index (κ2) is 6.76. The Kier molecular flexibility index (Phi) is 5.03. The van der Waals surface area contributed by atoms with Crippen molar-refractivity contribution in [3.63, 3.8) is 0 Å². The summed E-state index contributed by atoms with van der Waals surface area (Å²) in [7, 11) is 1.64. The number of morpholine rings is 1. The van der Waals surface area contributed by atoms with Crippen molar-refractivity contribution < 1.29 is 18.3 Å². The van der Waals surface area contributed by atoms with E-state index in [1.807, 2.05) is 0 Å². The zero-order valence-corrected chi connectivity index (χ0v) is 11.4. The van der Waals surface area contributed by atoms with Gasteiger partial charge in [-0.3, -0.25) is 4.79 Å². The first-order valence-electron chi connectivity index (χ1n) is 6.57. The van der Waals surface area contributed by atoms with Crippen molar-refractivity contribution in [1.82, 2.24) is 10.2 Å². The normalized spacial score (nSPS) is 18.9. The van der Waals surface area contributed by atoms with E-state index in [4.69, 9.17) is 4.74 Å². The number of halogens is 2. The van der Waals surface area contributed by atoms with E-state index in [1.54, 1.807) is 7.05 Å². The number of amides is 1. The van der Waals surface area contributed by atoms with Crippen LogP contribution in [0.3, 0.4) is 0 Å². The minimum absolute atomic E-state index is 0.0601.